The molecule has 0 unspecified atom stereocenters. The fraction of sp³-hybridized carbons (Fsp3) is 0.556. The molecule has 0 bridgehead atoms. The Morgan fingerprint density at radius 2 is 1.92 bits per heavy atom. The average Bonchev–Trinajstić information content (AvgIpc) is 2.04. The van der Waals surface area contributed by atoms with Gasteiger partial charge >= 0.3 is 11.9 Å². The van der Waals surface area contributed by atoms with Crippen molar-refractivity contribution in [2.45, 2.75) is 20.8 Å². The zero-order valence-corrected chi connectivity index (χ0v) is 8.09. The minimum atomic E-state index is -1.05. The fourth-order valence-electron chi connectivity index (χ4n) is 0.374. The van der Waals surface area contributed by atoms with Gasteiger partial charge in [0.1, 0.15) is 0 Å². The number of aliphatic hydroxyl groups excluding tert-OH is 1. The van der Waals surface area contributed by atoms with Gasteiger partial charge in [0.15, 0.2) is 0 Å². The molecule has 0 atom stereocenters. The van der Waals surface area contributed by atoms with E-state index in [1.165, 1.54) is 20.8 Å². The molecule has 0 heterocycles. The summed E-state index contributed by atoms with van der Waals surface area (Å²) in [7, 11) is 0. The van der Waals surface area contributed by atoms with Crippen LogP contribution >= 0.6 is 0 Å². The van der Waals surface area contributed by atoms with Crippen molar-refractivity contribution in [1.82, 2.24) is 0 Å². The fourth-order valence-corrected chi connectivity index (χ4v) is 0.374. The molecule has 13 heavy (non-hydrogen) atoms. The van der Waals surface area contributed by atoms with Crippen LogP contribution in [0.2, 0.25) is 0 Å². The minimum absolute atomic E-state index is 0.155. The van der Waals surface area contributed by atoms with Gasteiger partial charge in [0.05, 0.1) is 12.0 Å². The van der Waals surface area contributed by atoms with E-state index in [2.05, 4.69) is 11.3 Å². The van der Waals surface area contributed by atoms with E-state index >= 15 is 0 Å². The SMILES string of the molecule is C=C(C)C(=O)OC(=O)C(C)(C)CO. The van der Waals surface area contributed by atoms with Crippen LogP contribution in [0, 0.1) is 5.41 Å². The van der Waals surface area contributed by atoms with Gasteiger partial charge in [-0.25, -0.2) is 4.79 Å². The highest BCUT2D eigenvalue weighted by Gasteiger charge is 2.30. The molecule has 0 saturated carbocycles. The third-order valence-electron chi connectivity index (χ3n) is 1.48. The number of carbonyl (C=O) groups excluding carboxylic acids is 2. The van der Waals surface area contributed by atoms with Crippen LogP contribution in [0.3, 0.4) is 0 Å². The van der Waals surface area contributed by atoms with E-state index in [9.17, 15) is 9.59 Å². The van der Waals surface area contributed by atoms with Crippen LogP contribution in [0.1, 0.15) is 20.8 Å². The van der Waals surface area contributed by atoms with E-state index in [-0.39, 0.29) is 12.2 Å². The molecular weight excluding hydrogens is 172 g/mol. The Morgan fingerprint density at radius 3 is 2.23 bits per heavy atom. The van der Waals surface area contributed by atoms with Gasteiger partial charge in [-0.1, -0.05) is 6.58 Å². The first-order valence-electron chi connectivity index (χ1n) is 3.84. The van der Waals surface area contributed by atoms with Gasteiger partial charge in [-0.05, 0) is 20.8 Å². The summed E-state index contributed by atoms with van der Waals surface area (Å²) in [6.07, 6.45) is 0. The lowest BCUT2D eigenvalue weighted by atomic mass is 9.95. The molecule has 0 rings (SSSR count). The summed E-state index contributed by atoms with van der Waals surface area (Å²) in [4.78, 5) is 22.1. The van der Waals surface area contributed by atoms with Crippen molar-refractivity contribution in [3.05, 3.63) is 12.2 Å². The van der Waals surface area contributed by atoms with Gasteiger partial charge in [-0.3, -0.25) is 4.79 Å². The van der Waals surface area contributed by atoms with Crippen molar-refractivity contribution < 1.29 is 19.4 Å². The normalized spacial score (nSPS) is 10.8. The topological polar surface area (TPSA) is 63.6 Å². The molecule has 74 valence electrons. The molecule has 0 aliphatic carbocycles. The van der Waals surface area contributed by atoms with Gasteiger partial charge in [-0.15, -0.1) is 0 Å². The van der Waals surface area contributed by atoms with Crippen molar-refractivity contribution in [2.75, 3.05) is 6.61 Å². The Morgan fingerprint density at radius 1 is 1.46 bits per heavy atom. The number of ether oxygens (including phenoxy) is 1. The lowest BCUT2D eigenvalue weighted by Crippen LogP contribution is -2.32. The van der Waals surface area contributed by atoms with Gasteiger partial charge < -0.3 is 9.84 Å². The van der Waals surface area contributed by atoms with Crippen LogP contribution in [0.15, 0.2) is 12.2 Å². The largest absolute Gasteiger partial charge is 0.395 e. The second-order valence-electron chi connectivity index (χ2n) is 3.50. The Kier molecular flexibility index (Phi) is 3.81. The Labute approximate surface area is 77.2 Å². The zero-order chi connectivity index (χ0) is 10.6. The second-order valence-corrected chi connectivity index (χ2v) is 3.50. The number of esters is 2. The van der Waals surface area contributed by atoms with E-state index in [0.29, 0.717) is 0 Å². The van der Waals surface area contributed by atoms with Gasteiger partial charge in [0, 0.05) is 5.57 Å². The summed E-state index contributed by atoms with van der Waals surface area (Å²) in [5.41, 5.74) is -0.896. The highest BCUT2D eigenvalue weighted by atomic mass is 16.6. The summed E-state index contributed by atoms with van der Waals surface area (Å²) in [5, 5.41) is 8.78. The molecule has 0 aromatic heterocycles. The first kappa shape index (κ1) is 11.8. The van der Waals surface area contributed by atoms with Crippen LogP contribution in [0.4, 0.5) is 0 Å². The monoisotopic (exact) mass is 186 g/mol. The maximum Gasteiger partial charge on any atom is 0.340 e. The predicted octanol–water partition coefficient (Wildman–Crippen LogP) is 0.651. The summed E-state index contributed by atoms with van der Waals surface area (Å²) in [6, 6.07) is 0. The Bertz CT molecular complexity index is 240. The molecule has 4 nitrogen and oxygen atoms in total. The quantitative estimate of drug-likeness (QED) is 0.399. The van der Waals surface area contributed by atoms with Crippen molar-refractivity contribution >= 4 is 11.9 Å². The van der Waals surface area contributed by atoms with Crippen LogP contribution in [0.25, 0.3) is 0 Å². The molecule has 0 aliphatic rings. The minimum Gasteiger partial charge on any atom is -0.395 e. The first-order chi connectivity index (χ1) is 5.81. The number of carbonyl (C=O) groups is 2. The van der Waals surface area contributed by atoms with Gasteiger partial charge in [-0.2, -0.15) is 0 Å². The Balaban J connectivity index is 4.32. The van der Waals surface area contributed by atoms with Crippen LogP contribution < -0.4 is 0 Å². The lowest BCUT2D eigenvalue weighted by molar-refractivity contribution is -0.165. The third kappa shape index (κ3) is 3.38. The van der Waals surface area contributed by atoms with Crippen LogP contribution in [0.5, 0.6) is 0 Å². The number of rotatable bonds is 3. The molecule has 0 saturated heterocycles. The van der Waals surface area contributed by atoms with E-state index in [1.54, 1.807) is 0 Å². The maximum atomic E-state index is 11.2. The summed E-state index contributed by atoms with van der Waals surface area (Å²) < 4.78 is 4.43. The molecule has 0 radical (unpaired) electrons. The predicted molar refractivity (Wildman–Crippen MR) is 46.8 cm³/mol. The summed E-state index contributed by atoms with van der Waals surface area (Å²) in [6.45, 7) is 7.38. The van der Waals surface area contributed by atoms with Crippen LogP contribution in [-0.4, -0.2) is 23.7 Å². The van der Waals surface area contributed by atoms with E-state index in [1.807, 2.05) is 0 Å². The number of aliphatic hydroxyl groups is 1. The van der Waals surface area contributed by atoms with Crippen molar-refractivity contribution in [1.29, 1.82) is 0 Å². The van der Waals surface area contributed by atoms with E-state index in [4.69, 9.17) is 5.11 Å². The molecule has 4 heteroatoms. The molecule has 0 spiro atoms. The zero-order valence-electron chi connectivity index (χ0n) is 8.09. The third-order valence-corrected chi connectivity index (χ3v) is 1.48. The Hall–Kier alpha value is -1.16. The summed E-state index contributed by atoms with van der Waals surface area (Å²) in [5.74, 6) is -1.51. The standard InChI is InChI=1S/C9H14O4/c1-6(2)7(11)13-8(12)9(3,4)5-10/h10H,1,5H2,2-4H3. The van der Waals surface area contributed by atoms with Crippen molar-refractivity contribution in [3.8, 4) is 0 Å². The first-order valence-corrected chi connectivity index (χ1v) is 3.84. The maximum absolute atomic E-state index is 11.2. The molecular formula is C9H14O4. The number of hydrogen-bond acceptors (Lipinski definition) is 4. The number of hydrogen-bond donors (Lipinski definition) is 1. The van der Waals surface area contributed by atoms with Gasteiger partial charge in [0.25, 0.3) is 0 Å². The highest BCUT2D eigenvalue weighted by Crippen LogP contribution is 2.16. The second kappa shape index (κ2) is 4.18. The summed E-state index contributed by atoms with van der Waals surface area (Å²) >= 11 is 0. The van der Waals surface area contributed by atoms with Crippen molar-refractivity contribution in [2.24, 2.45) is 5.41 Å². The van der Waals surface area contributed by atoms with Crippen LogP contribution in [-0.2, 0) is 14.3 Å². The molecule has 0 aromatic carbocycles. The van der Waals surface area contributed by atoms with Crippen molar-refractivity contribution in [3.63, 3.8) is 0 Å². The molecule has 0 amide bonds. The highest BCUT2D eigenvalue weighted by molar-refractivity contribution is 5.96. The molecule has 0 aliphatic heterocycles. The van der Waals surface area contributed by atoms with E-state index < -0.39 is 17.4 Å². The molecule has 1 N–H and O–H groups in total. The van der Waals surface area contributed by atoms with Gasteiger partial charge in [0.2, 0.25) is 0 Å². The average molecular weight is 186 g/mol. The van der Waals surface area contributed by atoms with E-state index in [0.717, 1.165) is 0 Å². The molecule has 0 aromatic rings. The smallest absolute Gasteiger partial charge is 0.340 e. The molecule has 0 fully saturated rings. The lowest BCUT2D eigenvalue weighted by Gasteiger charge is -2.18.